The lowest BCUT2D eigenvalue weighted by Gasteiger charge is -2.07. The van der Waals surface area contributed by atoms with Crippen LogP contribution in [0, 0.1) is 0 Å². The van der Waals surface area contributed by atoms with Crippen LogP contribution in [0.15, 0.2) is 66.9 Å². The average molecular weight is 305 g/mol. The normalized spacial score (nSPS) is 10.3. The Kier molecular flexibility index (Phi) is 4.29. The molecule has 0 spiro atoms. The summed E-state index contributed by atoms with van der Waals surface area (Å²) in [6.45, 7) is 0.213. The van der Waals surface area contributed by atoms with Crippen LogP contribution in [0.25, 0.3) is 10.8 Å². The van der Waals surface area contributed by atoms with Crippen LogP contribution >= 0.6 is 0 Å². The van der Waals surface area contributed by atoms with Gasteiger partial charge in [0.15, 0.2) is 0 Å². The molecule has 3 aromatic rings. The number of hydrogen-bond acceptors (Lipinski definition) is 3. The Balaban J connectivity index is 1.62. The minimum Gasteiger partial charge on any atom is -0.342 e. The van der Waals surface area contributed by atoms with Crippen molar-refractivity contribution in [2.24, 2.45) is 0 Å². The van der Waals surface area contributed by atoms with Gasteiger partial charge in [0.1, 0.15) is 0 Å². The van der Waals surface area contributed by atoms with Crippen molar-refractivity contribution in [3.8, 4) is 0 Å². The molecule has 0 fully saturated rings. The van der Waals surface area contributed by atoms with E-state index in [2.05, 4.69) is 15.6 Å². The Bertz CT molecular complexity index is 847. The molecule has 23 heavy (non-hydrogen) atoms. The van der Waals surface area contributed by atoms with E-state index in [1.807, 2.05) is 42.5 Å². The molecule has 0 atom stereocenters. The third-order valence-electron chi connectivity index (χ3n) is 3.37. The number of hydrogen-bond donors (Lipinski definition) is 2. The molecule has 2 aromatic carbocycles. The Hall–Kier alpha value is -3.21. The predicted octanol–water partition coefficient (Wildman–Crippen LogP) is 2.49. The van der Waals surface area contributed by atoms with E-state index in [1.165, 1.54) is 0 Å². The van der Waals surface area contributed by atoms with Gasteiger partial charge in [-0.3, -0.25) is 14.6 Å². The summed E-state index contributed by atoms with van der Waals surface area (Å²) in [4.78, 5) is 27.8. The summed E-state index contributed by atoms with van der Waals surface area (Å²) >= 11 is 0. The lowest BCUT2D eigenvalue weighted by atomic mass is 10.1. The highest BCUT2D eigenvalue weighted by atomic mass is 16.2. The molecule has 2 N–H and O–H groups in total. The molecule has 1 aromatic heterocycles. The first-order valence-corrected chi connectivity index (χ1v) is 7.20. The zero-order valence-corrected chi connectivity index (χ0v) is 12.3. The van der Waals surface area contributed by atoms with Crippen LogP contribution in [0.5, 0.6) is 0 Å². The molecule has 0 saturated carbocycles. The van der Waals surface area contributed by atoms with Crippen LogP contribution in [-0.2, 0) is 16.1 Å². The number of anilines is 1. The second kappa shape index (κ2) is 6.70. The molecule has 114 valence electrons. The van der Waals surface area contributed by atoms with Crippen molar-refractivity contribution in [3.63, 3.8) is 0 Å². The van der Waals surface area contributed by atoms with Gasteiger partial charge in [0.05, 0.1) is 12.2 Å². The molecule has 0 aliphatic rings. The Morgan fingerprint density at radius 3 is 2.43 bits per heavy atom. The average Bonchev–Trinajstić information content (AvgIpc) is 2.60. The molecule has 5 nitrogen and oxygen atoms in total. The fourth-order valence-corrected chi connectivity index (χ4v) is 2.21. The van der Waals surface area contributed by atoms with Crippen molar-refractivity contribution >= 4 is 28.3 Å². The maximum Gasteiger partial charge on any atom is 0.313 e. The largest absolute Gasteiger partial charge is 0.342 e. The fourth-order valence-electron chi connectivity index (χ4n) is 2.21. The zero-order valence-electron chi connectivity index (χ0n) is 12.3. The minimum absolute atomic E-state index is 0.213. The molecule has 0 bridgehead atoms. The second-order valence-electron chi connectivity index (χ2n) is 5.02. The molecule has 0 aliphatic heterocycles. The summed E-state index contributed by atoms with van der Waals surface area (Å²) in [6, 6.07) is 18.7. The van der Waals surface area contributed by atoms with Gasteiger partial charge in [-0.05, 0) is 35.0 Å². The topological polar surface area (TPSA) is 71.1 Å². The maximum atomic E-state index is 11.9. The summed E-state index contributed by atoms with van der Waals surface area (Å²) in [7, 11) is 0. The molecule has 2 amide bonds. The number of nitrogens with one attached hydrogen (secondary N) is 2. The van der Waals surface area contributed by atoms with E-state index in [0.717, 1.165) is 10.8 Å². The van der Waals surface area contributed by atoms with E-state index in [-0.39, 0.29) is 6.54 Å². The first-order chi connectivity index (χ1) is 11.2. The molecule has 0 unspecified atom stereocenters. The molecule has 0 saturated heterocycles. The number of aromatic nitrogens is 1. The van der Waals surface area contributed by atoms with Crippen LogP contribution in [0.1, 0.15) is 5.69 Å². The summed E-state index contributed by atoms with van der Waals surface area (Å²) < 4.78 is 0. The number of carbonyl (C=O) groups excluding carboxylic acids is 2. The molecule has 0 radical (unpaired) electrons. The van der Waals surface area contributed by atoms with Crippen LogP contribution < -0.4 is 10.6 Å². The van der Waals surface area contributed by atoms with Gasteiger partial charge in [-0.1, -0.05) is 36.4 Å². The third kappa shape index (κ3) is 3.71. The molecule has 3 rings (SSSR count). The summed E-state index contributed by atoms with van der Waals surface area (Å²) in [5.41, 5.74) is 1.28. The van der Waals surface area contributed by atoms with Crippen LogP contribution in [0.3, 0.4) is 0 Å². The minimum atomic E-state index is -0.698. The number of carbonyl (C=O) groups is 2. The van der Waals surface area contributed by atoms with Gasteiger partial charge in [0.2, 0.25) is 0 Å². The molecular formula is C18H15N3O2. The second-order valence-corrected chi connectivity index (χ2v) is 5.02. The van der Waals surface area contributed by atoms with Crippen LogP contribution in [-0.4, -0.2) is 16.8 Å². The number of rotatable bonds is 3. The van der Waals surface area contributed by atoms with Crippen molar-refractivity contribution in [2.75, 3.05) is 5.32 Å². The highest BCUT2D eigenvalue weighted by Crippen LogP contribution is 2.18. The Morgan fingerprint density at radius 2 is 1.65 bits per heavy atom. The standard InChI is InChI=1S/C18H15N3O2/c22-17(20-12-16-7-3-4-10-19-16)18(23)21-15-9-8-13-5-1-2-6-14(13)11-15/h1-11H,12H2,(H,20,22)(H,21,23). The lowest BCUT2D eigenvalue weighted by Crippen LogP contribution is -2.35. The highest BCUT2D eigenvalue weighted by molar-refractivity contribution is 6.39. The molecular weight excluding hydrogens is 290 g/mol. The van der Waals surface area contributed by atoms with Gasteiger partial charge in [-0.25, -0.2) is 0 Å². The number of pyridine rings is 1. The number of nitrogens with zero attached hydrogens (tertiary/aromatic N) is 1. The zero-order chi connectivity index (χ0) is 16.1. The SMILES string of the molecule is O=C(NCc1ccccn1)C(=O)Nc1ccc2ccccc2c1. The van der Waals surface area contributed by atoms with Crippen LogP contribution in [0.2, 0.25) is 0 Å². The molecule has 1 heterocycles. The van der Waals surface area contributed by atoms with E-state index in [0.29, 0.717) is 11.4 Å². The van der Waals surface area contributed by atoms with E-state index in [9.17, 15) is 9.59 Å². The van der Waals surface area contributed by atoms with Gasteiger partial charge in [-0.15, -0.1) is 0 Å². The first-order valence-electron chi connectivity index (χ1n) is 7.20. The Labute approximate surface area is 133 Å². The van der Waals surface area contributed by atoms with Crippen molar-refractivity contribution in [1.82, 2.24) is 10.3 Å². The predicted molar refractivity (Wildman–Crippen MR) is 88.7 cm³/mol. The van der Waals surface area contributed by atoms with E-state index in [4.69, 9.17) is 0 Å². The summed E-state index contributed by atoms with van der Waals surface area (Å²) in [5, 5.41) is 7.21. The monoisotopic (exact) mass is 305 g/mol. The molecule has 0 aliphatic carbocycles. The van der Waals surface area contributed by atoms with Crippen molar-refractivity contribution in [3.05, 3.63) is 72.6 Å². The quantitative estimate of drug-likeness (QED) is 0.730. The van der Waals surface area contributed by atoms with Gasteiger partial charge in [0, 0.05) is 11.9 Å². The lowest BCUT2D eigenvalue weighted by molar-refractivity contribution is -0.136. The fraction of sp³-hybridized carbons (Fsp3) is 0.0556. The smallest absolute Gasteiger partial charge is 0.313 e. The number of benzene rings is 2. The number of amides is 2. The van der Waals surface area contributed by atoms with Crippen molar-refractivity contribution < 1.29 is 9.59 Å². The van der Waals surface area contributed by atoms with Gasteiger partial charge in [-0.2, -0.15) is 0 Å². The Morgan fingerprint density at radius 1 is 0.870 bits per heavy atom. The van der Waals surface area contributed by atoms with Gasteiger partial charge < -0.3 is 10.6 Å². The van der Waals surface area contributed by atoms with E-state index in [1.54, 1.807) is 24.4 Å². The number of fused-ring (bicyclic) bond motifs is 1. The summed E-state index contributed by atoms with van der Waals surface area (Å²) in [6.07, 6.45) is 1.64. The van der Waals surface area contributed by atoms with Gasteiger partial charge in [0.25, 0.3) is 0 Å². The maximum absolute atomic E-state index is 11.9. The van der Waals surface area contributed by atoms with Crippen molar-refractivity contribution in [2.45, 2.75) is 6.54 Å². The molecule has 5 heteroatoms. The first kappa shape index (κ1) is 14.7. The van der Waals surface area contributed by atoms with Gasteiger partial charge >= 0.3 is 11.8 Å². The van der Waals surface area contributed by atoms with E-state index >= 15 is 0 Å². The highest BCUT2D eigenvalue weighted by Gasteiger charge is 2.13. The van der Waals surface area contributed by atoms with Crippen LogP contribution in [0.4, 0.5) is 5.69 Å². The summed E-state index contributed by atoms with van der Waals surface area (Å²) in [5.74, 6) is -1.39. The van der Waals surface area contributed by atoms with E-state index < -0.39 is 11.8 Å². The third-order valence-corrected chi connectivity index (χ3v) is 3.37. The van der Waals surface area contributed by atoms with Crippen molar-refractivity contribution in [1.29, 1.82) is 0 Å².